The summed E-state index contributed by atoms with van der Waals surface area (Å²) in [6.07, 6.45) is 0. The molecule has 2 rings (SSSR count). The summed E-state index contributed by atoms with van der Waals surface area (Å²) in [6.45, 7) is 0. The largest absolute Gasteiger partial charge is 0.504 e. The van der Waals surface area contributed by atoms with Crippen LogP contribution < -0.4 is 0 Å². The van der Waals surface area contributed by atoms with E-state index in [1.54, 1.807) is 24.3 Å². The van der Waals surface area contributed by atoms with Gasteiger partial charge in [-0.25, -0.2) is 0 Å². The minimum atomic E-state index is -0.750. The molecule has 0 heterocycles. The van der Waals surface area contributed by atoms with Gasteiger partial charge in [-0.05, 0) is 24.3 Å². The van der Waals surface area contributed by atoms with E-state index in [4.69, 9.17) is 28.8 Å². The minimum Gasteiger partial charge on any atom is -0.504 e. The molecule has 0 saturated heterocycles. The lowest BCUT2D eigenvalue weighted by Gasteiger charge is -1.91. The monoisotopic (exact) mass is 284 g/mol. The smallest absolute Gasteiger partial charge is 0.335 e. The van der Waals surface area contributed by atoms with Gasteiger partial charge >= 0.3 is 11.6 Å². The van der Waals surface area contributed by atoms with Gasteiger partial charge in [0.2, 0.25) is 0 Å². The first-order valence-electron chi connectivity index (χ1n) is 4.88. The van der Waals surface area contributed by atoms with E-state index in [0.717, 1.165) is 0 Å². The van der Waals surface area contributed by atoms with Crippen LogP contribution in [-0.4, -0.2) is 28.8 Å². The normalized spacial score (nSPS) is 8.21. The van der Waals surface area contributed by atoms with Crippen molar-refractivity contribution in [3.05, 3.63) is 48.5 Å². The molecule has 7 heteroatoms. The van der Waals surface area contributed by atoms with Crippen LogP contribution in [0.25, 0.3) is 0 Å². The van der Waals surface area contributed by atoms with E-state index in [9.17, 15) is 0 Å². The zero-order valence-electron chi connectivity index (χ0n) is 9.63. The number of rotatable bonds is 0. The van der Waals surface area contributed by atoms with E-state index in [2.05, 4.69) is 0 Å². The number of hydrogen-bond acceptors (Lipinski definition) is 6. The fourth-order valence-corrected chi connectivity index (χ4v) is 0.928. The third-order valence-corrected chi connectivity index (χ3v) is 1.76. The van der Waals surface area contributed by atoms with Gasteiger partial charge in [0.1, 0.15) is 0 Å². The summed E-state index contributed by atoms with van der Waals surface area (Å²) in [4.78, 5) is 0. The molecule has 2 aromatic rings. The van der Waals surface area contributed by atoms with Crippen LogP contribution in [0.15, 0.2) is 48.5 Å². The molecule has 0 unspecified atom stereocenters. The van der Waals surface area contributed by atoms with Gasteiger partial charge < -0.3 is 20.4 Å². The van der Waals surface area contributed by atoms with Gasteiger partial charge in [0.25, 0.3) is 0 Å². The summed E-state index contributed by atoms with van der Waals surface area (Å²) in [5.74, 6) is -0.306. The third-order valence-electron chi connectivity index (χ3n) is 1.76. The van der Waals surface area contributed by atoms with Gasteiger partial charge in [0.15, 0.2) is 23.0 Å². The molecule has 19 heavy (non-hydrogen) atoms. The minimum absolute atomic E-state index is 0.0764. The van der Waals surface area contributed by atoms with E-state index >= 15 is 0 Å². The highest BCUT2D eigenvalue weighted by molar-refractivity contribution is 7.51. The Labute approximate surface area is 112 Å². The van der Waals surface area contributed by atoms with E-state index in [0.29, 0.717) is 0 Å². The molecule has 4 N–H and O–H groups in total. The molecule has 0 aliphatic heterocycles. The molecule has 2 aromatic carbocycles. The molecule has 0 aliphatic carbocycles. The molecule has 0 amide bonds. The average Bonchev–Trinajstić information content (AvgIpc) is 2.38. The highest BCUT2D eigenvalue weighted by Gasteiger charge is 1.90. The Hall–Kier alpha value is -2.54. The van der Waals surface area contributed by atoms with Crippen molar-refractivity contribution in [2.24, 2.45) is 0 Å². The third kappa shape index (κ3) is 7.40. The van der Waals surface area contributed by atoms with Gasteiger partial charge in [0, 0.05) is 0 Å². The molecular weight excluding hydrogens is 272 g/mol. The quantitative estimate of drug-likeness (QED) is 0.545. The first kappa shape index (κ1) is 16.5. The van der Waals surface area contributed by atoms with Crippen molar-refractivity contribution in [1.29, 1.82) is 0 Å². The molecule has 0 saturated carbocycles. The van der Waals surface area contributed by atoms with E-state index in [1.807, 2.05) is 0 Å². The van der Waals surface area contributed by atoms with Gasteiger partial charge in [-0.2, -0.15) is 8.42 Å². The molecular formula is C12H12O6S. The van der Waals surface area contributed by atoms with Crippen LogP contribution in [0.4, 0.5) is 0 Å². The van der Waals surface area contributed by atoms with Gasteiger partial charge in [-0.3, -0.25) is 0 Å². The number of aromatic hydroxyl groups is 4. The molecule has 0 spiro atoms. The highest BCUT2D eigenvalue weighted by atomic mass is 32.1. The second-order valence-electron chi connectivity index (χ2n) is 3.05. The Balaban J connectivity index is 0.000000284. The summed E-state index contributed by atoms with van der Waals surface area (Å²) in [7, 11) is 0. The van der Waals surface area contributed by atoms with Crippen molar-refractivity contribution in [2.45, 2.75) is 0 Å². The maximum atomic E-state index is 8.67. The number of hydrogen-bond donors (Lipinski definition) is 4. The lowest BCUT2D eigenvalue weighted by molar-refractivity contribution is 0.404. The molecule has 102 valence electrons. The predicted octanol–water partition coefficient (Wildman–Crippen LogP) is 1.53. The SMILES string of the molecule is O=S=O.Oc1ccccc1O.Oc1ccccc1O. The Kier molecular flexibility index (Phi) is 8.22. The maximum Gasteiger partial charge on any atom is 0.335 e. The molecule has 0 fully saturated rings. The molecule has 0 atom stereocenters. The van der Waals surface area contributed by atoms with Crippen molar-refractivity contribution in [2.75, 3.05) is 0 Å². The number of phenolic OH excluding ortho intramolecular Hbond substituents is 4. The van der Waals surface area contributed by atoms with Crippen LogP contribution >= 0.6 is 0 Å². The summed E-state index contributed by atoms with van der Waals surface area (Å²) in [5.41, 5.74) is 0. The average molecular weight is 284 g/mol. The highest BCUT2D eigenvalue weighted by Crippen LogP contribution is 2.21. The van der Waals surface area contributed by atoms with Crippen LogP contribution in [0.1, 0.15) is 0 Å². The predicted molar refractivity (Wildman–Crippen MR) is 68.5 cm³/mol. The molecule has 0 radical (unpaired) electrons. The van der Waals surface area contributed by atoms with E-state index < -0.39 is 11.6 Å². The van der Waals surface area contributed by atoms with Crippen LogP contribution in [0.3, 0.4) is 0 Å². The number of phenols is 4. The van der Waals surface area contributed by atoms with Gasteiger partial charge in [0.05, 0.1) is 0 Å². The van der Waals surface area contributed by atoms with Gasteiger partial charge in [-0.15, -0.1) is 0 Å². The Morgan fingerprint density at radius 3 is 0.842 bits per heavy atom. The maximum absolute atomic E-state index is 8.67. The summed E-state index contributed by atoms with van der Waals surface area (Å²) < 4.78 is 16.6. The first-order chi connectivity index (χ1) is 9.02. The summed E-state index contributed by atoms with van der Waals surface area (Å²) in [5, 5.41) is 34.7. The van der Waals surface area contributed by atoms with Crippen molar-refractivity contribution in [3.63, 3.8) is 0 Å². The summed E-state index contributed by atoms with van der Waals surface area (Å²) >= 11 is -0.750. The zero-order valence-corrected chi connectivity index (χ0v) is 10.4. The van der Waals surface area contributed by atoms with E-state index in [1.165, 1.54) is 24.3 Å². The zero-order chi connectivity index (χ0) is 14.7. The van der Waals surface area contributed by atoms with Crippen molar-refractivity contribution >= 4 is 11.6 Å². The topological polar surface area (TPSA) is 115 Å². The summed E-state index contributed by atoms with van der Waals surface area (Å²) in [6, 6.07) is 12.3. The van der Waals surface area contributed by atoms with Gasteiger partial charge in [-0.1, -0.05) is 24.3 Å². The number of para-hydroxylation sites is 4. The van der Waals surface area contributed by atoms with Crippen molar-refractivity contribution in [1.82, 2.24) is 0 Å². The van der Waals surface area contributed by atoms with Crippen LogP contribution in [-0.2, 0) is 11.6 Å². The van der Waals surface area contributed by atoms with Crippen LogP contribution in [0.5, 0.6) is 23.0 Å². The fraction of sp³-hybridized carbons (Fsp3) is 0. The lowest BCUT2D eigenvalue weighted by atomic mass is 10.3. The Morgan fingerprint density at radius 1 is 0.579 bits per heavy atom. The second-order valence-corrected chi connectivity index (χ2v) is 3.18. The first-order valence-corrected chi connectivity index (χ1v) is 5.55. The van der Waals surface area contributed by atoms with Crippen molar-refractivity contribution in [3.8, 4) is 23.0 Å². The van der Waals surface area contributed by atoms with Crippen molar-refractivity contribution < 1.29 is 28.8 Å². The fourth-order valence-electron chi connectivity index (χ4n) is 0.928. The molecule has 0 bridgehead atoms. The second kappa shape index (κ2) is 9.49. The molecule has 0 aliphatic rings. The Morgan fingerprint density at radius 2 is 0.737 bits per heavy atom. The Bertz CT molecular complexity index is 452. The molecule has 6 nitrogen and oxygen atoms in total. The number of benzene rings is 2. The van der Waals surface area contributed by atoms with E-state index in [-0.39, 0.29) is 23.0 Å². The molecule has 0 aromatic heterocycles. The standard InChI is InChI=1S/2C6H6O2.O2S/c2*7-5-3-1-2-4-6(5)8;1-3-2/h2*1-4,7-8H;. The lowest BCUT2D eigenvalue weighted by Crippen LogP contribution is -1.63. The van der Waals surface area contributed by atoms with Crippen LogP contribution in [0.2, 0.25) is 0 Å². The van der Waals surface area contributed by atoms with Crippen LogP contribution in [0, 0.1) is 0 Å².